The van der Waals surface area contributed by atoms with Crippen molar-refractivity contribution in [2.45, 2.75) is 19.3 Å². The molecule has 2 N–H and O–H groups in total. The zero-order chi connectivity index (χ0) is 15.1. The summed E-state index contributed by atoms with van der Waals surface area (Å²) in [5.74, 6) is -0.959. The Morgan fingerprint density at radius 1 is 1.14 bits per heavy atom. The molecule has 0 fully saturated rings. The number of rotatable bonds is 6. The molecule has 0 saturated heterocycles. The van der Waals surface area contributed by atoms with E-state index in [4.69, 9.17) is 5.11 Å². The molecule has 1 aromatic carbocycles. The molecule has 0 aliphatic rings. The van der Waals surface area contributed by atoms with Crippen molar-refractivity contribution >= 4 is 17.6 Å². The fourth-order valence-electron chi connectivity index (χ4n) is 1.95. The number of hydrogen-bond acceptors (Lipinski definition) is 3. The third-order valence-electron chi connectivity index (χ3n) is 2.93. The summed E-state index contributed by atoms with van der Waals surface area (Å²) in [6.07, 6.45) is 4.10. The number of anilines is 1. The summed E-state index contributed by atoms with van der Waals surface area (Å²) >= 11 is 0. The second kappa shape index (κ2) is 7.19. The number of aromatic nitrogens is 1. The zero-order valence-corrected chi connectivity index (χ0v) is 11.5. The predicted molar refractivity (Wildman–Crippen MR) is 79.0 cm³/mol. The van der Waals surface area contributed by atoms with Gasteiger partial charge in [0.2, 0.25) is 5.91 Å². The number of amides is 1. The summed E-state index contributed by atoms with van der Waals surface area (Å²) < 4.78 is 0. The first-order valence-corrected chi connectivity index (χ1v) is 6.63. The molecule has 5 nitrogen and oxygen atoms in total. The molecular formula is C16H16N2O3. The Balaban J connectivity index is 1.94. The van der Waals surface area contributed by atoms with Gasteiger partial charge in [0.05, 0.1) is 6.42 Å². The number of pyridine rings is 1. The van der Waals surface area contributed by atoms with E-state index in [1.807, 2.05) is 12.1 Å². The molecule has 108 valence electrons. The van der Waals surface area contributed by atoms with Crippen molar-refractivity contribution in [2.75, 3.05) is 5.32 Å². The Morgan fingerprint density at radius 3 is 2.67 bits per heavy atom. The van der Waals surface area contributed by atoms with Crippen LogP contribution in [0, 0.1) is 0 Å². The SMILES string of the molecule is O=C(O)CCc1cccc(NC(=O)Cc2cccnc2)c1. The summed E-state index contributed by atoms with van der Waals surface area (Å²) in [4.78, 5) is 26.5. The Bertz CT molecular complexity index is 626. The molecule has 2 aromatic rings. The van der Waals surface area contributed by atoms with Crippen LogP contribution in [0.1, 0.15) is 17.5 Å². The fraction of sp³-hybridized carbons (Fsp3) is 0.188. The lowest BCUT2D eigenvalue weighted by Crippen LogP contribution is -2.14. The second-order valence-electron chi connectivity index (χ2n) is 4.68. The van der Waals surface area contributed by atoms with Crippen LogP contribution < -0.4 is 5.32 Å². The van der Waals surface area contributed by atoms with E-state index < -0.39 is 5.97 Å². The van der Waals surface area contributed by atoms with E-state index in [1.54, 1.807) is 36.7 Å². The molecule has 0 spiro atoms. The van der Waals surface area contributed by atoms with Crippen LogP contribution in [0.5, 0.6) is 0 Å². The molecule has 0 saturated carbocycles. The van der Waals surface area contributed by atoms with Gasteiger partial charge in [0.15, 0.2) is 0 Å². The minimum absolute atomic E-state index is 0.0765. The normalized spacial score (nSPS) is 10.1. The largest absolute Gasteiger partial charge is 0.481 e. The van der Waals surface area contributed by atoms with Crippen molar-refractivity contribution in [3.63, 3.8) is 0 Å². The van der Waals surface area contributed by atoms with Crippen LogP contribution in [-0.4, -0.2) is 22.0 Å². The number of carboxylic acids is 1. The first-order chi connectivity index (χ1) is 10.1. The maximum atomic E-state index is 11.9. The van der Waals surface area contributed by atoms with Crippen LogP contribution in [0.4, 0.5) is 5.69 Å². The van der Waals surface area contributed by atoms with Crippen molar-refractivity contribution in [1.29, 1.82) is 0 Å². The number of aryl methyl sites for hydroxylation is 1. The lowest BCUT2D eigenvalue weighted by Gasteiger charge is -2.07. The Hall–Kier alpha value is -2.69. The molecule has 0 aliphatic heterocycles. The van der Waals surface area contributed by atoms with Crippen molar-refractivity contribution in [1.82, 2.24) is 4.98 Å². The predicted octanol–water partition coefficient (Wildman–Crippen LogP) is 2.28. The van der Waals surface area contributed by atoms with E-state index in [9.17, 15) is 9.59 Å². The van der Waals surface area contributed by atoms with Crippen molar-refractivity contribution in [2.24, 2.45) is 0 Å². The van der Waals surface area contributed by atoms with Gasteiger partial charge in [-0.15, -0.1) is 0 Å². The highest BCUT2D eigenvalue weighted by molar-refractivity contribution is 5.92. The number of aliphatic carboxylic acids is 1. The topological polar surface area (TPSA) is 79.3 Å². The van der Waals surface area contributed by atoms with Gasteiger partial charge in [-0.1, -0.05) is 18.2 Å². The maximum absolute atomic E-state index is 11.9. The van der Waals surface area contributed by atoms with Crippen LogP contribution in [-0.2, 0) is 22.4 Å². The zero-order valence-electron chi connectivity index (χ0n) is 11.5. The standard InChI is InChI=1S/C16H16N2O3/c19-15(10-13-4-2-8-17-11-13)18-14-5-1-3-12(9-14)6-7-16(20)21/h1-5,8-9,11H,6-7,10H2,(H,18,19)(H,20,21). The molecule has 1 aromatic heterocycles. The molecule has 5 heteroatoms. The molecule has 0 radical (unpaired) electrons. The number of carbonyl (C=O) groups excluding carboxylic acids is 1. The van der Waals surface area contributed by atoms with Gasteiger partial charge in [-0.2, -0.15) is 0 Å². The first-order valence-electron chi connectivity index (χ1n) is 6.63. The molecular weight excluding hydrogens is 268 g/mol. The van der Waals surface area contributed by atoms with E-state index in [-0.39, 0.29) is 18.7 Å². The van der Waals surface area contributed by atoms with E-state index in [2.05, 4.69) is 10.3 Å². The van der Waals surface area contributed by atoms with Crippen LogP contribution >= 0.6 is 0 Å². The molecule has 2 rings (SSSR count). The van der Waals surface area contributed by atoms with Gasteiger partial charge in [0.25, 0.3) is 0 Å². The van der Waals surface area contributed by atoms with Gasteiger partial charge in [-0.3, -0.25) is 14.6 Å². The summed E-state index contributed by atoms with van der Waals surface area (Å²) in [5, 5.41) is 11.5. The van der Waals surface area contributed by atoms with Crippen molar-refractivity contribution in [3.8, 4) is 0 Å². The summed E-state index contributed by atoms with van der Waals surface area (Å²) in [7, 11) is 0. The van der Waals surface area contributed by atoms with Crippen molar-refractivity contribution in [3.05, 3.63) is 59.9 Å². The highest BCUT2D eigenvalue weighted by Crippen LogP contribution is 2.13. The molecule has 1 heterocycles. The van der Waals surface area contributed by atoms with Gasteiger partial charge in [0.1, 0.15) is 0 Å². The lowest BCUT2D eigenvalue weighted by atomic mass is 10.1. The monoisotopic (exact) mass is 284 g/mol. The Labute approximate surface area is 122 Å². The van der Waals surface area contributed by atoms with Crippen LogP contribution in [0.3, 0.4) is 0 Å². The van der Waals surface area contributed by atoms with Gasteiger partial charge in [-0.25, -0.2) is 0 Å². The fourth-order valence-corrected chi connectivity index (χ4v) is 1.95. The quantitative estimate of drug-likeness (QED) is 0.853. The van der Waals surface area contributed by atoms with Crippen LogP contribution in [0.2, 0.25) is 0 Å². The van der Waals surface area contributed by atoms with Crippen LogP contribution in [0.25, 0.3) is 0 Å². The van der Waals surface area contributed by atoms with Gasteiger partial charge in [-0.05, 0) is 35.7 Å². The Kier molecular flexibility index (Phi) is 5.04. The number of carboxylic acid groups (broad SMARTS) is 1. The summed E-state index contributed by atoms with van der Waals surface area (Å²) in [6, 6.07) is 10.9. The van der Waals surface area contributed by atoms with Crippen LogP contribution in [0.15, 0.2) is 48.8 Å². The third kappa shape index (κ3) is 5.06. The van der Waals surface area contributed by atoms with E-state index in [0.29, 0.717) is 12.1 Å². The first kappa shape index (κ1) is 14.7. The third-order valence-corrected chi connectivity index (χ3v) is 2.93. The van der Waals surface area contributed by atoms with Gasteiger partial charge >= 0.3 is 5.97 Å². The minimum Gasteiger partial charge on any atom is -0.481 e. The molecule has 0 unspecified atom stereocenters. The Morgan fingerprint density at radius 2 is 1.95 bits per heavy atom. The molecule has 21 heavy (non-hydrogen) atoms. The summed E-state index contributed by atoms with van der Waals surface area (Å²) in [6.45, 7) is 0. The average Bonchev–Trinajstić information content (AvgIpc) is 2.46. The lowest BCUT2D eigenvalue weighted by molar-refractivity contribution is -0.137. The van der Waals surface area contributed by atoms with E-state index in [1.165, 1.54) is 0 Å². The number of hydrogen-bond donors (Lipinski definition) is 2. The average molecular weight is 284 g/mol. The molecule has 1 amide bonds. The maximum Gasteiger partial charge on any atom is 0.303 e. The number of nitrogens with zero attached hydrogens (tertiary/aromatic N) is 1. The number of carbonyl (C=O) groups is 2. The smallest absolute Gasteiger partial charge is 0.303 e. The molecule has 0 aliphatic carbocycles. The van der Waals surface area contributed by atoms with Gasteiger partial charge < -0.3 is 10.4 Å². The minimum atomic E-state index is -0.832. The van der Waals surface area contributed by atoms with E-state index >= 15 is 0 Å². The molecule has 0 bridgehead atoms. The molecule has 0 atom stereocenters. The highest BCUT2D eigenvalue weighted by atomic mass is 16.4. The summed E-state index contributed by atoms with van der Waals surface area (Å²) in [5.41, 5.74) is 2.40. The van der Waals surface area contributed by atoms with Crippen molar-refractivity contribution < 1.29 is 14.7 Å². The van der Waals surface area contributed by atoms with Gasteiger partial charge in [0, 0.05) is 24.5 Å². The van der Waals surface area contributed by atoms with E-state index in [0.717, 1.165) is 11.1 Å². The number of benzene rings is 1. The number of nitrogens with one attached hydrogen (secondary N) is 1. The second-order valence-corrected chi connectivity index (χ2v) is 4.68. The highest BCUT2D eigenvalue weighted by Gasteiger charge is 2.05.